The number of aromatic nitrogens is 7. The lowest BCUT2D eigenvalue weighted by Crippen LogP contribution is -2.25. The van der Waals surface area contributed by atoms with Gasteiger partial charge in [0.25, 0.3) is 0 Å². The molecular weight excluding hydrogens is 540 g/mol. The Morgan fingerprint density at radius 3 is 2.53 bits per heavy atom. The third-order valence-corrected chi connectivity index (χ3v) is 7.81. The van der Waals surface area contributed by atoms with E-state index in [9.17, 15) is 4.79 Å². The summed E-state index contributed by atoms with van der Waals surface area (Å²) in [5.74, 6) is 0.0686. The number of benzene rings is 2. The van der Waals surface area contributed by atoms with Crippen LogP contribution in [0.2, 0.25) is 0 Å². The number of pyridine rings is 1. The van der Waals surface area contributed by atoms with E-state index in [1.165, 1.54) is 5.56 Å². The van der Waals surface area contributed by atoms with Gasteiger partial charge in [-0.3, -0.25) is 14.2 Å². The Morgan fingerprint density at radius 2 is 1.79 bits per heavy atom. The molecule has 6 rings (SSSR count). The minimum Gasteiger partial charge on any atom is -0.362 e. The highest BCUT2D eigenvalue weighted by Gasteiger charge is 2.24. The summed E-state index contributed by atoms with van der Waals surface area (Å²) in [6, 6.07) is 18.2. The molecular formula is C33H36N8O2. The molecule has 43 heavy (non-hydrogen) atoms. The molecule has 0 spiro atoms. The monoisotopic (exact) mass is 576 g/mol. The van der Waals surface area contributed by atoms with Crippen LogP contribution < -0.4 is 5.32 Å². The predicted octanol–water partition coefficient (Wildman–Crippen LogP) is 5.41. The lowest BCUT2D eigenvalue weighted by atomic mass is 9.95. The van der Waals surface area contributed by atoms with Gasteiger partial charge in [-0.25, -0.2) is 9.67 Å². The molecule has 10 heteroatoms. The van der Waals surface area contributed by atoms with Crippen molar-refractivity contribution in [2.24, 2.45) is 7.05 Å². The van der Waals surface area contributed by atoms with Gasteiger partial charge in [0.2, 0.25) is 5.91 Å². The number of hydrogen-bond acceptors (Lipinski definition) is 6. The van der Waals surface area contributed by atoms with Gasteiger partial charge in [0.1, 0.15) is 12.7 Å². The number of amides is 1. The number of carbonyl (C=O) groups excluding carboxylic acids is 1. The Balaban J connectivity index is 1.42. The second-order valence-corrected chi connectivity index (χ2v) is 11.2. The largest absolute Gasteiger partial charge is 0.362 e. The summed E-state index contributed by atoms with van der Waals surface area (Å²) >= 11 is 0. The summed E-state index contributed by atoms with van der Waals surface area (Å²) in [5, 5.41) is 19.2. The molecule has 1 amide bonds. The topological polar surface area (TPSA) is 105 Å². The number of carbonyl (C=O) groups is 1. The van der Waals surface area contributed by atoms with Crippen molar-refractivity contribution < 1.29 is 9.53 Å². The molecule has 1 N–H and O–H groups in total. The van der Waals surface area contributed by atoms with Gasteiger partial charge in [0.05, 0.1) is 29.1 Å². The van der Waals surface area contributed by atoms with E-state index in [1.807, 2.05) is 72.0 Å². The standard InChI is InChI=1S/C33H36N8O2/c1-20(2)31-22(4)41(28-15-24-16-39(6)38-33(24)35-21(28)3)37-32(31)25-13-10-14-27-26(25)17-40(36-27)18-29(43-19-30(42)34-5)23-11-8-7-9-12-23/h7-17,20,29H,18-19H2,1-6H3,(H,34,42)/t29-/m0/s1. The second-order valence-electron chi connectivity index (χ2n) is 11.2. The maximum absolute atomic E-state index is 12.0. The number of aryl methyl sites for hydroxylation is 2. The fourth-order valence-corrected chi connectivity index (χ4v) is 5.74. The maximum Gasteiger partial charge on any atom is 0.245 e. The van der Waals surface area contributed by atoms with Crippen molar-refractivity contribution in [1.29, 1.82) is 0 Å². The summed E-state index contributed by atoms with van der Waals surface area (Å²) in [7, 11) is 3.51. The van der Waals surface area contributed by atoms with Crippen LogP contribution in [0.5, 0.6) is 0 Å². The number of hydrogen-bond donors (Lipinski definition) is 1. The Morgan fingerprint density at radius 1 is 1.00 bits per heavy atom. The Hall–Kier alpha value is -4.83. The van der Waals surface area contributed by atoms with Gasteiger partial charge < -0.3 is 10.1 Å². The van der Waals surface area contributed by atoms with E-state index >= 15 is 0 Å². The number of nitrogens with one attached hydrogen (secondary N) is 1. The van der Waals surface area contributed by atoms with E-state index in [2.05, 4.69) is 49.5 Å². The highest BCUT2D eigenvalue weighted by Crippen LogP contribution is 2.37. The number of likely N-dealkylation sites (N-methyl/N-ethyl adjacent to an activating group) is 1. The molecule has 0 radical (unpaired) electrons. The molecule has 0 bridgehead atoms. The second kappa shape index (κ2) is 11.4. The molecule has 0 unspecified atom stereocenters. The number of nitrogens with zero attached hydrogens (tertiary/aromatic N) is 7. The van der Waals surface area contributed by atoms with Gasteiger partial charge in [-0.2, -0.15) is 15.3 Å². The summed E-state index contributed by atoms with van der Waals surface area (Å²) in [6.07, 6.45) is 3.68. The first-order valence-corrected chi connectivity index (χ1v) is 14.5. The quantitative estimate of drug-likeness (QED) is 0.247. The van der Waals surface area contributed by atoms with Crippen LogP contribution in [-0.4, -0.2) is 53.9 Å². The summed E-state index contributed by atoms with van der Waals surface area (Å²) in [6.45, 7) is 8.94. The molecule has 6 aromatic rings. The van der Waals surface area contributed by atoms with E-state index in [1.54, 1.807) is 11.7 Å². The van der Waals surface area contributed by atoms with Crippen molar-refractivity contribution in [3.05, 3.63) is 89.5 Å². The van der Waals surface area contributed by atoms with Crippen molar-refractivity contribution in [3.8, 4) is 16.9 Å². The first-order chi connectivity index (χ1) is 20.7. The average molecular weight is 577 g/mol. The molecule has 0 fully saturated rings. The van der Waals surface area contributed by atoms with Crippen LogP contribution in [0.25, 0.3) is 38.9 Å². The third kappa shape index (κ3) is 5.41. The van der Waals surface area contributed by atoms with Gasteiger partial charge in [-0.15, -0.1) is 0 Å². The zero-order chi connectivity index (χ0) is 30.2. The van der Waals surface area contributed by atoms with Crippen LogP contribution in [0.4, 0.5) is 0 Å². The van der Waals surface area contributed by atoms with Crippen LogP contribution >= 0.6 is 0 Å². The third-order valence-electron chi connectivity index (χ3n) is 7.81. The van der Waals surface area contributed by atoms with Crippen molar-refractivity contribution in [3.63, 3.8) is 0 Å². The molecule has 10 nitrogen and oxygen atoms in total. The van der Waals surface area contributed by atoms with Crippen molar-refractivity contribution >= 4 is 27.8 Å². The molecule has 1 atom stereocenters. The minimum atomic E-state index is -0.346. The Bertz CT molecular complexity index is 1930. The Labute approximate surface area is 250 Å². The zero-order valence-corrected chi connectivity index (χ0v) is 25.4. The molecule has 0 aliphatic carbocycles. The molecule has 0 saturated carbocycles. The van der Waals surface area contributed by atoms with Crippen molar-refractivity contribution in [2.75, 3.05) is 13.7 Å². The van der Waals surface area contributed by atoms with Gasteiger partial charge in [0, 0.05) is 54.1 Å². The zero-order valence-electron chi connectivity index (χ0n) is 25.4. The lowest BCUT2D eigenvalue weighted by Gasteiger charge is -2.18. The number of rotatable bonds is 9. The van der Waals surface area contributed by atoms with E-state index in [-0.39, 0.29) is 24.5 Å². The van der Waals surface area contributed by atoms with Crippen LogP contribution in [0.1, 0.15) is 48.4 Å². The average Bonchev–Trinajstić information content (AvgIpc) is 3.68. The Kier molecular flexibility index (Phi) is 7.53. The summed E-state index contributed by atoms with van der Waals surface area (Å²) < 4.78 is 11.8. The van der Waals surface area contributed by atoms with E-state index < -0.39 is 0 Å². The van der Waals surface area contributed by atoms with E-state index in [0.717, 1.165) is 55.8 Å². The smallest absolute Gasteiger partial charge is 0.245 e. The predicted molar refractivity (Wildman–Crippen MR) is 167 cm³/mol. The fourth-order valence-electron chi connectivity index (χ4n) is 5.74. The SMILES string of the molecule is CNC(=O)CO[C@@H](Cn1cc2c(-c3nn(-c4cc5cn(C)nc5nc4C)c(C)c3C(C)C)cccc2n1)c1ccccc1. The van der Waals surface area contributed by atoms with Gasteiger partial charge in [0.15, 0.2) is 5.65 Å². The molecule has 220 valence electrons. The molecule has 4 aromatic heterocycles. The van der Waals surface area contributed by atoms with Gasteiger partial charge in [-0.1, -0.05) is 56.3 Å². The van der Waals surface area contributed by atoms with Gasteiger partial charge in [-0.05, 0) is 37.5 Å². The normalized spacial score (nSPS) is 12.4. The summed E-state index contributed by atoms with van der Waals surface area (Å²) in [5.41, 5.74) is 8.59. The van der Waals surface area contributed by atoms with E-state index in [4.69, 9.17) is 19.9 Å². The minimum absolute atomic E-state index is 0.0321. The maximum atomic E-state index is 12.0. The first kappa shape index (κ1) is 28.3. The van der Waals surface area contributed by atoms with Crippen LogP contribution in [0.15, 0.2) is 67.0 Å². The summed E-state index contributed by atoms with van der Waals surface area (Å²) in [4.78, 5) is 16.7. The number of fused-ring (bicyclic) bond motifs is 2. The highest BCUT2D eigenvalue weighted by molar-refractivity contribution is 5.94. The van der Waals surface area contributed by atoms with Crippen molar-refractivity contribution in [1.82, 2.24) is 39.6 Å². The molecule has 2 aromatic carbocycles. The molecule has 0 aliphatic heterocycles. The van der Waals surface area contributed by atoms with Crippen LogP contribution in [-0.2, 0) is 23.1 Å². The fraction of sp³-hybridized carbons (Fsp3) is 0.303. The molecule has 0 aliphatic rings. The van der Waals surface area contributed by atoms with E-state index in [0.29, 0.717) is 6.54 Å². The highest BCUT2D eigenvalue weighted by atomic mass is 16.5. The number of ether oxygens (including phenoxy) is 1. The molecule has 4 heterocycles. The lowest BCUT2D eigenvalue weighted by molar-refractivity contribution is -0.127. The van der Waals surface area contributed by atoms with Crippen LogP contribution in [0.3, 0.4) is 0 Å². The first-order valence-electron chi connectivity index (χ1n) is 14.5. The van der Waals surface area contributed by atoms with Crippen LogP contribution in [0, 0.1) is 13.8 Å². The van der Waals surface area contributed by atoms with Gasteiger partial charge >= 0.3 is 0 Å². The molecule has 0 saturated heterocycles. The van der Waals surface area contributed by atoms with Crippen molar-refractivity contribution in [2.45, 2.75) is 46.3 Å².